The van der Waals surface area contributed by atoms with Gasteiger partial charge in [-0.3, -0.25) is 10.1 Å². The van der Waals surface area contributed by atoms with Gasteiger partial charge in [-0.25, -0.2) is 4.79 Å². The number of rotatable bonds is 2. The van der Waals surface area contributed by atoms with E-state index < -0.39 is 11.9 Å². The molecule has 0 atom stereocenters. The Morgan fingerprint density at radius 2 is 2.16 bits per heavy atom. The van der Waals surface area contributed by atoms with Crippen molar-refractivity contribution < 1.29 is 19.1 Å². The van der Waals surface area contributed by atoms with E-state index in [1.54, 1.807) is 0 Å². The van der Waals surface area contributed by atoms with Crippen LogP contribution in [0.2, 0.25) is 0 Å². The lowest BCUT2D eigenvalue weighted by atomic mass is 10.2. The van der Waals surface area contributed by atoms with Crippen LogP contribution in [0.4, 0.5) is 10.5 Å². The van der Waals surface area contributed by atoms with Crippen molar-refractivity contribution in [1.29, 1.82) is 0 Å². The average molecular weight is 374 g/mol. The van der Waals surface area contributed by atoms with Crippen LogP contribution in [-0.2, 0) is 14.3 Å². The number of aryl methyl sites for hydroxylation is 1. The molecule has 1 aromatic rings. The molecule has 0 aromatic heterocycles. The molecule has 0 unspecified atom stereocenters. The Hall–Kier alpha value is -1.77. The zero-order valence-electron chi connectivity index (χ0n) is 10.0. The molecule has 1 aromatic carbocycles. The van der Waals surface area contributed by atoms with Crippen LogP contribution >= 0.6 is 22.6 Å². The van der Waals surface area contributed by atoms with Crippen molar-refractivity contribution in [2.45, 2.75) is 6.92 Å². The molecule has 0 bridgehead atoms. The minimum Gasteiger partial charge on any atom is -0.461 e. The molecular formula is C12H11IN2O4. The largest absolute Gasteiger partial charge is 0.461 e. The third-order valence-corrected chi connectivity index (χ3v) is 3.04. The van der Waals surface area contributed by atoms with Gasteiger partial charge in [-0.1, -0.05) is 6.07 Å². The number of urea groups is 1. The number of benzene rings is 1. The van der Waals surface area contributed by atoms with E-state index in [-0.39, 0.29) is 12.6 Å². The molecule has 2 N–H and O–H groups in total. The van der Waals surface area contributed by atoms with Crippen LogP contribution in [0, 0.1) is 10.5 Å². The molecule has 1 aliphatic heterocycles. The smallest absolute Gasteiger partial charge is 0.326 e. The van der Waals surface area contributed by atoms with Gasteiger partial charge in [0.25, 0.3) is 5.91 Å². The number of carbonyl (C=O) groups is 2. The predicted octanol–water partition coefficient (Wildman–Crippen LogP) is 2.09. The van der Waals surface area contributed by atoms with Crippen molar-refractivity contribution in [2.24, 2.45) is 0 Å². The van der Waals surface area contributed by atoms with E-state index >= 15 is 0 Å². The van der Waals surface area contributed by atoms with E-state index in [1.807, 2.05) is 25.1 Å². The zero-order valence-corrected chi connectivity index (χ0v) is 12.2. The van der Waals surface area contributed by atoms with Crippen LogP contribution in [0.3, 0.4) is 0 Å². The zero-order chi connectivity index (χ0) is 13.8. The Bertz CT molecular complexity index is 557. The first-order valence-corrected chi connectivity index (χ1v) is 6.47. The lowest BCUT2D eigenvalue weighted by molar-refractivity contribution is -0.119. The lowest BCUT2D eigenvalue weighted by Crippen LogP contribution is -2.35. The number of hydrogen-bond acceptors (Lipinski definition) is 4. The first kappa shape index (κ1) is 13.7. The van der Waals surface area contributed by atoms with Gasteiger partial charge in [0.1, 0.15) is 6.26 Å². The van der Waals surface area contributed by atoms with Crippen molar-refractivity contribution in [1.82, 2.24) is 5.32 Å². The number of halogens is 1. The second-order valence-electron chi connectivity index (χ2n) is 3.78. The Kier molecular flexibility index (Phi) is 4.25. The molecular weight excluding hydrogens is 363 g/mol. The molecule has 0 radical (unpaired) electrons. The van der Waals surface area contributed by atoms with E-state index in [0.29, 0.717) is 5.69 Å². The molecule has 1 heterocycles. The van der Waals surface area contributed by atoms with Gasteiger partial charge in [-0.15, -0.1) is 0 Å². The highest BCUT2D eigenvalue weighted by atomic mass is 127. The monoisotopic (exact) mass is 374 g/mol. The molecule has 0 aliphatic carbocycles. The van der Waals surface area contributed by atoms with Crippen LogP contribution in [-0.4, -0.2) is 18.7 Å². The minimum atomic E-state index is -0.640. The second kappa shape index (κ2) is 5.91. The highest BCUT2D eigenvalue weighted by Gasteiger charge is 2.18. The topological polar surface area (TPSA) is 76.7 Å². The summed E-state index contributed by atoms with van der Waals surface area (Å²) in [6, 6.07) is 5.01. The highest BCUT2D eigenvalue weighted by Crippen LogP contribution is 2.18. The van der Waals surface area contributed by atoms with Crippen molar-refractivity contribution in [3.05, 3.63) is 39.4 Å². The van der Waals surface area contributed by atoms with Crippen molar-refractivity contribution >= 4 is 40.2 Å². The summed E-state index contributed by atoms with van der Waals surface area (Å²) in [5, 5.41) is 4.76. The number of amides is 3. The molecule has 3 amide bonds. The number of ether oxygens (including phenoxy) is 2. The summed E-state index contributed by atoms with van der Waals surface area (Å²) < 4.78 is 10.6. The molecule has 0 saturated carbocycles. The van der Waals surface area contributed by atoms with Gasteiger partial charge < -0.3 is 14.8 Å². The predicted molar refractivity (Wildman–Crippen MR) is 76.2 cm³/mol. The maximum atomic E-state index is 11.7. The minimum absolute atomic E-state index is 0.0135. The van der Waals surface area contributed by atoms with Crippen molar-refractivity contribution in [3.63, 3.8) is 0 Å². The SMILES string of the molecule is Cc1ccc(I)cc1NC(=O)NC(=O)C1=COCO1. The normalized spacial score (nSPS) is 13.1. The van der Waals surface area contributed by atoms with Gasteiger partial charge >= 0.3 is 6.03 Å². The van der Waals surface area contributed by atoms with Crippen LogP contribution < -0.4 is 10.6 Å². The highest BCUT2D eigenvalue weighted by molar-refractivity contribution is 14.1. The third kappa shape index (κ3) is 3.60. The fraction of sp³-hybridized carbons (Fsp3) is 0.167. The van der Waals surface area contributed by atoms with Gasteiger partial charge in [-0.2, -0.15) is 0 Å². The maximum absolute atomic E-state index is 11.7. The second-order valence-corrected chi connectivity index (χ2v) is 5.02. The molecule has 0 spiro atoms. The van der Waals surface area contributed by atoms with E-state index in [9.17, 15) is 9.59 Å². The molecule has 100 valence electrons. The summed E-state index contributed by atoms with van der Waals surface area (Å²) in [5.74, 6) is -0.659. The Balaban J connectivity index is 1.97. The average Bonchev–Trinajstić information content (AvgIpc) is 2.87. The van der Waals surface area contributed by atoms with E-state index in [4.69, 9.17) is 9.47 Å². The summed E-state index contributed by atoms with van der Waals surface area (Å²) in [7, 11) is 0. The Labute approximate surface area is 123 Å². The van der Waals surface area contributed by atoms with Crippen LogP contribution in [0.25, 0.3) is 0 Å². The Morgan fingerprint density at radius 1 is 1.37 bits per heavy atom. The van der Waals surface area contributed by atoms with Crippen LogP contribution in [0.5, 0.6) is 0 Å². The van der Waals surface area contributed by atoms with Gasteiger partial charge in [0, 0.05) is 9.26 Å². The fourth-order valence-electron chi connectivity index (χ4n) is 1.41. The Morgan fingerprint density at radius 3 is 2.84 bits per heavy atom. The number of carbonyl (C=O) groups excluding carboxylic acids is 2. The first-order chi connectivity index (χ1) is 9.06. The van der Waals surface area contributed by atoms with Crippen molar-refractivity contribution in [3.8, 4) is 0 Å². The van der Waals surface area contributed by atoms with Gasteiger partial charge in [0.2, 0.25) is 12.6 Å². The number of imide groups is 1. The molecule has 19 heavy (non-hydrogen) atoms. The van der Waals surface area contributed by atoms with E-state index in [1.165, 1.54) is 6.26 Å². The van der Waals surface area contributed by atoms with Gasteiger partial charge in [0.05, 0.1) is 0 Å². The summed E-state index contributed by atoms with van der Waals surface area (Å²) in [6.07, 6.45) is 1.17. The fourth-order valence-corrected chi connectivity index (χ4v) is 1.90. The summed E-state index contributed by atoms with van der Waals surface area (Å²) in [4.78, 5) is 23.2. The van der Waals surface area contributed by atoms with E-state index in [0.717, 1.165) is 9.13 Å². The summed E-state index contributed by atoms with van der Waals surface area (Å²) in [6.45, 7) is 1.85. The lowest BCUT2D eigenvalue weighted by Gasteiger charge is -2.09. The molecule has 2 rings (SSSR count). The molecule has 7 heteroatoms. The molecule has 6 nitrogen and oxygen atoms in total. The number of nitrogens with one attached hydrogen (secondary N) is 2. The molecule has 1 aliphatic rings. The van der Waals surface area contributed by atoms with E-state index in [2.05, 4.69) is 33.2 Å². The molecule has 0 fully saturated rings. The van der Waals surface area contributed by atoms with Crippen LogP contribution in [0.15, 0.2) is 30.2 Å². The third-order valence-electron chi connectivity index (χ3n) is 2.37. The summed E-state index contributed by atoms with van der Waals surface area (Å²) in [5.41, 5.74) is 1.55. The summed E-state index contributed by atoms with van der Waals surface area (Å²) >= 11 is 2.14. The van der Waals surface area contributed by atoms with Gasteiger partial charge in [-0.05, 0) is 47.2 Å². The number of hydrogen-bond donors (Lipinski definition) is 2. The standard InChI is InChI=1S/C12H11IN2O4/c1-7-2-3-8(13)4-9(7)14-12(17)15-11(16)10-5-18-6-19-10/h2-5H,6H2,1H3,(H2,14,15,16,17). The van der Waals surface area contributed by atoms with Crippen LogP contribution in [0.1, 0.15) is 5.56 Å². The van der Waals surface area contributed by atoms with Gasteiger partial charge in [0.15, 0.2) is 0 Å². The first-order valence-electron chi connectivity index (χ1n) is 5.39. The van der Waals surface area contributed by atoms with Crippen molar-refractivity contribution in [2.75, 3.05) is 12.1 Å². The maximum Gasteiger partial charge on any atom is 0.326 e. The number of anilines is 1. The molecule has 0 saturated heterocycles. The quantitative estimate of drug-likeness (QED) is 0.778.